The summed E-state index contributed by atoms with van der Waals surface area (Å²) >= 11 is 5.95. The van der Waals surface area contributed by atoms with Crippen molar-refractivity contribution < 1.29 is 14.5 Å². The minimum Gasteiger partial charge on any atom is -0.444 e. The van der Waals surface area contributed by atoms with E-state index in [4.69, 9.17) is 16.3 Å². The van der Waals surface area contributed by atoms with Gasteiger partial charge in [-0.2, -0.15) is 0 Å². The number of halogens is 1. The fourth-order valence-electron chi connectivity index (χ4n) is 1.65. The summed E-state index contributed by atoms with van der Waals surface area (Å²) in [6.45, 7) is 6.17. The number of nitro benzene ring substituents is 1. The number of ether oxygens (including phenoxy) is 1. The van der Waals surface area contributed by atoms with Crippen molar-refractivity contribution in [2.45, 2.75) is 32.8 Å². The maximum absolute atomic E-state index is 11.4. The van der Waals surface area contributed by atoms with Gasteiger partial charge in [-0.25, -0.2) is 4.79 Å². The molecule has 0 fully saturated rings. The molecular formula is C14H20ClN3O4. The lowest BCUT2D eigenvalue weighted by molar-refractivity contribution is -0.383. The van der Waals surface area contributed by atoms with Crippen molar-refractivity contribution in [1.29, 1.82) is 0 Å². The van der Waals surface area contributed by atoms with Crippen LogP contribution in [0.4, 0.5) is 16.2 Å². The monoisotopic (exact) mass is 329 g/mol. The number of para-hydroxylation sites is 1. The van der Waals surface area contributed by atoms with E-state index in [1.54, 1.807) is 26.8 Å². The summed E-state index contributed by atoms with van der Waals surface area (Å²) in [7, 11) is 0. The summed E-state index contributed by atoms with van der Waals surface area (Å²) in [4.78, 5) is 21.9. The van der Waals surface area contributed by atoms with Crippen molar-refractivity contribution >= 4 is 29.1 Å². The minimum absolute atomic E-state index is 0.0763. The number of alkyl carbamates (subject to hydrolysis) is 1. The molecule has 1 amide bonds. The van der Waals surface area contributed by atoms with E-state index in [1.165, 1.54) is 12.1 Å². The van der Waals surface area contributed by atoms with Gasteiger partial charge in [0.25, 0.3) is 5.69 Å². The van der Waals surface area contributed by atoms with E-state index in [0.717, 1.165) is 0 Å². The molecule has 1 aromatic rings. The molecule has 0 aliphatic heterocycles. The molecule has 1 aromatic carbocycles. The molecule has 8 heteroatoms. The van der Waals surface area contributed by atoms with E-state index in [1.807, 2.05) is 0 Å². The average molecular weight is 330 g/mol. The van der Waals surface area contributed by atoms with Crippen LogP contribution in [0.2, 0.25) is 5.02 Å². The number of nitrogens with one attached hydrogen (secondary N) is 2. The number of carbonyl (C=O) groups excluding carboxylic acids is 1. The lowest BCUT2D eigenvalue weighted by Crippen LogP contribution is -2.33. The van der Waals surface area contributed by atoms with Crippen LogP contribution in [0.15, 0.2) is 18.2 Å². The quantitative estimate of drug-likeness (QED) is 0.472. The summed E-state index contributed by atoms with van der Waals surface area (Å²) in [5.41, 5.74) is -0.334. The zero-order valence-electron chi connectivity index (χ0n) is 12.8. The first-order valence-corrected chi connectivity index (χ1v) is 7.22. The van der Waals surface area contributed by atoms with E-state index in [9.17, 15) is 14.9 Å². The minimum atomic E-state index is -0.541. The van der Waals surface area contributed by atoms with Crippen molar-refractivity contribution in [1.82, 2.24) is 5.32 Å². The Kier molecular flexibility index (Phi) is 6.42. The Labute approximate surface area is 134 Å². The molecule has 0 saturated carbocycles. The van der Waals surface area contributed by atoms with Crippen LogP contribution in [-0.4, -0.2) is 29.7 Å². The molecule has 0 radical (unpaired) electrons. The van der Waals surface area contributed by atoms with Crippen LogP contribution in [0.3, 0.4) is 0 Å². The highest BCUT2D eigenvalue weighted by molar-refractivity contribution is 6.33. The second-order valence-electron chi connectivity index (χ2n) is 5.60. The van der Waals surface area contributed by atoms with Gasteiger partial charge in [0.15, 0.2) is 0 Å². The van der Waals surface area contributed by atoms with Crippen LogP contribution in [-0.2, 0) is 4.74 Å². The number of benzene rings is 1. The number of hydrogen-bond donors (Lipinski definition) is 2. The van der Waals surface area contributed by atoms with E-state index >= 15 is 0 Å². The number of nitro groups is 1. The summed E-state index contributed by atoms with van der Waals surface area (Å²) in [5, 5.41) is 16.7. The molecule has 0 aliphatic carbocycles. The standard InChI is InChI=1S/C14H20ClN3O4/c1-14(2,3)22-13(19)17-9-5-8-16-12-10(15)6-4-7-11(12)18(20)21/h4,6-7,16H,5,8-9H2,1-3H3,(H,17,19). The van der Waals surface area contributed by atoms with Crippen LogP contribution in [0.25, 0.3) is 0 Å². The van der Waals surface area contributed by atoms with Gasteiger partial charge in [0.2, 0.25) is 0 Å². The number of hydrogen-bond acceptors (Lipinski definition) is 5. The maximum atomic E-state index is 11.4. The van der Waals surface area contributed by atoms with Crippen molar-refractivity contribution in [3.05, 3.63) is 33.3 Å². The molecule has 0 aromatic heterocycles. The summed E-state index contributed by atoms with van der Waals surface area (Å²) in [6.07, 6.45) is 0.0814. The van der Waals surface area contributed by atoms with Gasteiger partial charge in [0.05, 0.1) is 9.95 Å². The normalized spacial score (nSPS) is 10.9. The average Bonchev–Trinajstić information content (AvgIpc) is 2.37. The van der Waals surface area contributed by atoms with Crippen LogP contribution in [0, 0.1) is 10.1 Å². The highest BCUT2D eigenvalue weighted by Crippen LogP contribution is 2.31. The first-order chi connectivity index (χ1) is 10.2. The highest BCUT2D eigenvalue weighted by atomic mass is 35.5. The van der Waals surface area contributed by atoms with Gasteiger partial charge in [0, 0.05) is 19.2 Å². The third-order valence-corrected chi connectivity index (χ3v) is 2.83. The fourth-order valence-corrected chi connectivity index (χ4v) is 1.88. The number of rotatable bonds is 6. The van der Waals surface area contributed by atoms with E-state index < -0.39 is 16.6 Å². The molecule has 122 valence electrons. The first-order valence-electron chi connectivity index (χ1n) is 6.84. The second kappa shape index (κ2) is 7.84. The largest absolute Gasteiger partial charge is 0.444 e. The molecule has 0 heterocycles. The zero-order valence-corrected chi connectivity index (χ0v) is 13.6. The Morgan fingerprint density at radius 2 is 2.05 bits per heavy atom. The van der Waals surface area contributed by atoms with Crippen molar-refractivity contribution in [3.8, 4) is 0 Å². The lowest BCUT2D eigenvalue weighted by Gasteiger charge is -2.19. The van der Waals surface area contributed by atoms with Crippen LogP contribution < -0.4 is 10.6 Å². The van der Waals surface area contributed by atoms with Gasteiger partial charge in [-0.1, -0.05) is 17.7 Å². The fraction of sp³-hybridized carbons (Fsp3) is 0.500. The molecule has 1 rings (SSSR count). The number of amides is 1. The van der Waals surface area contributed by atoms with Crippen molar-refractivity contribution in [2.24, 2.45) is 0 Å². The Morgan fingerprint density at radius 1 is 1.36 bits per heavy atom. The highest BCUT2D eigenvalue weighted by Gasteiger charge is 2.17. The Hall–Kier alpha value is -2.02. The summed E-state index contributed by atoms with van der Waals surface area (Å²) in [5.74, 6) is 0. The number of nitrogens with zero attached hydrogens (tertiary/aromatic N) is 1. The maximum Gasteiger partial charge on any atom is 0.407 e. The lowest BCUT2D eigenvalue weighted by atomic mass is 10.2. The SMILES string of the molecule is CC(C)(C)OC(=O)NCCCNc1c(Cl)cccc1[N+](=O)[O-]. The van der Waals surface area contributed by atoms with E-state index in [0.29, 0.717) is 19.5 Å². The third kappa shape index (κ3) is 6.17. The van der Waals surface area contributed by atoms with Gasteiger partial charge < -0.3 is 15.4 Å². The van der Waals surface area contributed by atoms with Crippen molar-refractivity contribution in [2.75, 3.05) is 18.4 Å². The van der Waals surface area contributed by atoms with E-state index in [2.05, 4.69) is 10.6 Å². The molecule has 0 saturated heterocycles. The van der Waals surface area contributed by atoms with Gasteiger partial charge >= 0.3 is 6.09 Å². The zero-order chi connectivity index (χ0) is 16.8. The number of anilines is 1. The Bertz CT molecular complexity index is 543. The van der Waals surface area contributed by atoms with Gasteiger partial charge in [-0.05, 0) is 33.3 Å². The third-order valence-electron chi connectivity index (χ3n) is 2.51. The van der Waals surface area contributed by atoms with Crippen LogP contribution >= 0.6 is 11.6 Å². The Balaban J connectivity index is 2.40. The number of carbonyl (C=O) groups is 1. The topological polar surface area (TPSA) is 93.5 Å². The smallest absolute Gasteiger partial charge is 0.407 e. The molecule has 2 N–H and O–H groups in total. The van der Waals surface area contributed by atoms with Gasteiger partial charge in [-0.3, -0.25) is 10.1 Å². The van der Waals surface area contributed by atoms with Gasteiger partial charge in [0.1, 0.15) is 11.3 Å². The van der Waals surface area contributed by atoms with E-state index in [-0.39, 0.29) is 16.4 Å². The summed E-state index contributed by atoms with van der Waals surface area (Å²) in [6, 6.07) is 4.48. The molecule has 0 bridgehead atoms. The molecule has 0 atom stereocenters. The predicted molar refractivity (Wildman–Crippen MR) is 85.4 cm³/mol. The molecule has 0 unspecified atom stereocenters. The van der Waals surface area contributed by atoms with Gasteiger partial charge in [-0.15, -0.1) is 0 Å². The Morgan fingerprint density at radius 3 is 2.64 bits per heavy atom. The van der Waals surface area contributed by atoms with Crippen LogP contribution in [0.1, 0.15) is 27.2 Å². The predicted octanol–water partition coefficient (Wildman–Crippen LogP) is 3.57. The molecular weight excluding hydrogens is 310 g/mol. The van der Waals surface area contributed by atoms with Crippen molar-refractivity contribution in [3.63, 3.8) is 0 Å². The molecule has 0 spiro atoms. The second-order valence-corrected chi connectivity index (χ2v) is 6.01. The summed E-state index contributed by atoms with van der Waals surface area (Å²) < 4.78 is 5.09. The molecule has 22 heavy (non-hydrogen) atoms. The first kappa shape index (κ1) is 18.0. The molecule has 7 nitrogen and oxygen atoms in total. The molecule has 0 aliphatic rings. The van der Waals surface area contributed by atoms with Crippen LogP contribution in [0.5, 0.6) is 0 Å².